The van der Waals surface area contributed by atoms with Gasteiger partial charge >= 0.3 is 5.97 Å². The highest BCUT2D eigenvalue weighted by atomic mass is 16.5. The summed E-state index contributed by atoms with van der Waals surface area (Å²) in [5.74, 6) is -0.419. The van der Waals surface area contributed by atoms with Gasteiger partial charge in [-0.05, 0) is 32.9 Å². The first-order chi connectivity index (χ1) is 10.9. The molecule has 1 aromatic rings. The highest BCUT2D eigenvalue weighted by molar-refractivity contribution is 5.82. The van der Waals surface area contributed by atoms with Crippen molar-refractivity contribution in [1.29, 1.82) is 0 Å². The van der Waals surface area contributed by atoms with Gasteiger partial charge in [0.25, 0.3) is 0 Å². The number of benzene rings is 1. The van der Waals surface area contributed by atoms with Gasteiger partial charge in [-0.1, -0.05) is 25.1 Å². The largest absolute Gasteiger partial charge is 0.496 e. The SMILES string of the molecule is CCCN(CC(=O)O)C(C)C(=O)NC(C)c1ccccc1OC. The van der Waals surface area contributed by atoms with Crippen LogP contribution in [0, 0.1) is 0 Å². The number of aliphatic carboxylic acids is 1. The number of hydrogen-bond donors (Lipinski definition) is 2. The van der Waals surface area contributed by atoms with Crippen LogP contribution in [0.15, 0.2) is 24.3 Å². The van der Waals surface area contributed by atoms with E-state index in [-0.39, 0.29) is 18.5 Å². The second-order valence-corrected chi connectivity index (χ2v) is 5.51. The Hall–Kier alpha value is -2.08. The summed E-state index contributed by atoms with van der Waals surface area (Å²) >= 11 is 0. The molecule has 128 valence electrons. The number of ether oxygens (including phenoxy) is 1. The van der Waals surface area contributed by atoms with Gasteiger partial charge in [-0.2, -0.15) is 0 Å². The highest BCUT2D eigenvalue weighted by Gasteiger charge is 2.24. The number of hydrogen-bond acceptors (Lipinski definition) is 4. The minimum atomic E-state index is -0.934. The molecular weight excluding hydrogens is 296 g/mol. The van der Waals surface area contributed by atoms with E-state index < -0.39 is 12.0 Å². The van der Waals surface area contributed by atoms with Crippen LogP contribution in [0.3, 0.4) is 0 Å². The summed E-state index contributed by atoms with van der Waals surface area (Å²) < 4.78 is 5.31. The molecule has 1 aromatic carbocycles. The maximum absolute atomic E-state index is 12.4. The van der Waals surface area contributed by atoms with Crippen LogP contribution < -0.4 is 10.1 Å². The standard InChI is InChI=1S/C17H26N2O4/c1-5-10-19(11-16(20)21)13(3)17(22)18-12(2)14-8-6-7-9-15(14)23-4/h6-9,12-13H,5,10-11H2,1-4H3,(H,18,22)(H,20,21). The minimum absolute atomic E-state index is 0.147. The van der Waals surface area contributed by atoms with Crippen LogP contribution in [0.4, 0.5) is 0 Å². The summed E-state index contributed by atoms with van der Waals surface area (Å²) in [4.78, 5) is 25.0. The smallest absolute Gasteiger partial charge is 0.317 e. The molecule has 2 unspecified atom stereocenters. The molecule has 0 radical (unpaired) electrons. The lowest BCUT2D eigenvalue weighted by Crippen LogP contribution is -2.47. The maximum Gasteiger partial charge on any atom is 0.317 e. The van der Waals surface area contributed by atoms with Gasteiger partial charge in [-0.25, -0.2) is 0 Å². The van der Waals surface area contributed by atoms with Gasteiger partial charge in [-0.15, -0.1) is 0 Å². The van der Waals surface area contributed by atoms with Gasteiger partial charge in [0, 0.05) is 5.56 Å². The first-order valence-corrected chi connectivity index (χ1v) is 7.79. The molecule has 23 heavy (non-hydrogen) atoms. The fourth-order valence-electron chi connectivity index (χ4n) is 2.47. The molecule has 1 rings (SSSR count). The third-order valence-corrected chi connectivity index (χ3v) is 3.74. The molecule has 6 nitrogen and oxygen atoms in total. The first kappa shape index (κ1) is 19.0. The Bertz CT molecular complexity index is 533. The summed E-state index contributed by atoms with van der Waals surface area (Å²) in [6, 6.07) is 6.76. The second-order valence-electron chi connectivity index (χ2n) is 5.51. The van der Waals surface area contributed by atoms with Crippen molar-refractivity contribution in [2.75, 3.05) is 20.2 Å². The van der Waals surface area contributed by atoms with Crippen molar-refractivity contribution in [3.63, 3.8) is 0 Å². The Balaban J connectivity index is 2.77. The van der Waals surface area contributed by atoms with Crippen LogP contribution in [0.2, 0.25) is 0 Å². The molecular formula is C17H26N2O4. The number of carboxylic acid groups (broad SMARTS) is 1. The summed E-state index contributed by atoms with van der Waals surface area (Å²) in [6.07, 6.45) is 0.785. The summed E-state index contributed by atoms with van der Waals surface area (Å²) in [6.45, 7) is 5.97. The van der Waals surface area contributed by atoms with Crippen molar-refractivity contribution in [2.24, 2.45) is 0 Å². The van der Waals surface area contributed by atoms with E-state index in [2.05, 4.69) is 5.32 Å². The summed E-state index contributed by atoms with van der Waals surface area (Å²) in [5.41, 5.74) is 0.885. The Morgan fingerprint density at radius 1 is 1.30 bits per heavy atom. The Labute approximate surface area is 137 Å². The molecule has 0 aliphatic heterocycles. The van der Waals surface area contributed by atoms with Crippen molar-refractivity contribution >= 4 is 11.9 Å². The van der Waals surface area contributed by atoms with Gasteiger partial charge in [0.1, 0.15) is 5.75 Å². The van der Waals surface area contributed by atoms with Crippen LogP contribution in [-0.2, 0) is 9.59 Å². The second kappa shape index (κ2) is 9.15. The van der Waals surface area contributed by atoms with Crippen molar-refractivity contribution in [1.82, 2.24) is 10.2 Å². The topological polar surface area (TPSA) is 78.9 Å². The molecule has 0 fully saturated rings. The van der Waals surface area contributed by atoms with E-state index in [0.717, 1.165) is 12.0 Å². The normalized spacial score (nSPS) is 13.4. The molecule has 0 saturated carbocycles. The average Bonchev–Trinajstić information content (AvgIpc) is 2.53. The molecule has 0 aliphatic rings. The predicted molar refractivity (Wildman–Crippen MR) is 88.5 cm³/mol. The van der Waals surface area contributed by atoms with Gasteiger partial charge in [0.2, 0.25) is 5.91 Å². The maximum atomic E-state index is 12.4. The number of carbonyl (C=O) groups excluding carboxylic acids is 1. The van der Waals surface area contributed by atoms with E-state index >= 15 is 0 Å². The molecule has 1 amide bonds. The number of nitrogens with zero attached hydrogens (tertiary/aromatic N) is 1. The van der Waals surface area contributed by atoms with E-state index in [1.807, 2.05) is 38.1 Å². The monoisotopic (exact) mass is 322 g/mol. The summed E-state index contributed by atoms with van der Waals surface area (Å²) in [5, 5.41) is 11.9. The number of rotatable bonds is 9. The highest BCUT2D eigenvalue weighted by Crippen LogP contribution is 2.24. The lowest BCUT2D eigenvalue weighted by molar-refractivity contribution is -0.139. The van der Waals surface area contributed by atoms with Gasteiger partial charge in [0.05, 0.1) is 25.7 Å². The Morgan fingerprint density at radius 3 is 2.52 bits per heavy atom. The number of carbonyl (C=O) groups is 2. The van der Waals surface area contributed by atoms with Crippen LogP contribution >= 0.6 is 0 Å². The molecule has 0 spiro atoms. The van der Waals surface area contributed by atoms with Crippen LogP contribution in [0.1, 0.15) is 38.8 Å². The zero-order chi connectivity index (χ0) is 17.4. The van der Waals surface area contributed by atoms with E-state index in [1.54, 1.807) is 18.9 Å². The average molecular weight is 322 g/mol. The van der Waals surface area contributed by atoms with E-state index in [1.165, 1.54) is 0 Å². The number of carboxylic acids is 1. The van der Waals surface area contributed by atoms with E-state index in [9.17, 15) is 9.59 Å². The molecule has 2 N–H and O–H groups in total. The molecule has 6 heteroatoms. The van der Waals surface area contributed by atoms with Crippen LogP contribution in [-0.4, -0.2) is 48.1 Å². The first-order valence-electron chi connectivity index (χ1n) is 7.79. The lowest BCUT2D eigenvalue weighted by atomic mass is 10.1. The van der Waals surface area contributed by atoms with E-state index in [4.69, 9.17) is 9.84 Å². The molecule has 2 atom stereocenters. The molecule has 0 heterocycles. The van der Waals surface area contributed by atoms with Gasteiger partial charge < -0.3 is 15.2 Å². The molecule has 0 aromatic heterocycles. The third kappa shape index (κ3) is 5.56. The number of nitrogens with one attached hydrogen (secondary N) is 1. The zero-order valence-electron chi connectivity index (χ0n) is 14.2. The van der Waals surface area contributed by atoms with Gasteiger partial charge in [0.15, 0.2) is 0 Å². The number of amides is 1. The van der Waals surface area contributed by atoms with E-state index in [0.29, 0.717) is 12.3 Å². The van der Waals surface area contributed by atoms with Crippen molar-refractivity contribution in [3.05, 3.63) is 29.8 Å². The Morgan fingerprint density at radius 2 is 1.96 bits per heavy atom. The minimum Gasteiger partial charge on any atom is -0.496 e. The molecule has 0 saturated heterocycles. The van der Waals surface area contributed by atoms with Crippen LogP contribution in [0.5, 0.6) is 5.75 Å². The van der Waals surface area contributed by atoms with Crippen LogP contribution in [0.25, 0.3) is 0 Å². The lowest BCUT2D eigenvalue weighted by Gasteiger charge is -2.27. The van der Waals surface area contributed by atoms with Gasteiger partial charge in [-0.3, -0.25) is 14.5 Å². The fourth-order valence-corrected chi connectivity index (χ4v) is 2.47. The number of methoxy groups -OCH3 is 1. The fraction of sp³-hybridized carbons (Fsp3) is 0.529. The number of para-hydroxylation sites is 1. The van der Waals surface area contributed by atoms with Crippen molar-refractivity contribution < 1.29 is 19.4 Å². The predicted octanol–water partition coefficient (Wildman–Crippen LogP) is 2.06. The Kier molecular flexibility index (Phi) is 7.54. The quantitative estimate of drug-likeness (QED) is 0.727. The van der Waals surface area contributed by atoms with Crippen molar-refractivity contribution in [3.8, 4) is 5.75 Å². The molecule has 0 aliphatic carbocycles. The van der Waals surface area contributed by atoms with Crippen molar-refractivity contribution in [2.45, 2.75) is 39.3 Å². The zero-order valence-corrected chi connectivity index (χ0v) is 14.2. The third-order valence-electron chi connectivity index (χ3n) is 3.74. The summed E-state index contributed by atoms with van der Waals surface area (Å²) in [7, 11) is 1.59. The molecule has 0 bridgehead atoms.